The first kappa shape index (κ1) is 36.8. The minimum Gasteiger partial charge on any atom is -0.370 e. The Kier molecular flexibility index (Phi) is 15.4. The van der Waals surface area contributed by atoms with Crippen LogP contribution in [0.1, 0.15) is 68.7 Å². The largest absolute Gasteiger partial charge is 0.370 e. The van der Waals surface area contributed by atoms with Crippen LogP contribution in [-0.2, 0) is 16.1 Å². The molecule has 4 amide bonds. The maximum atomic E-state index is 13.6. The summed E-state index contributed by atoms with van der Waals surface area (Å²) in [6, 6.07) is 1.66. The zero-order valence-electron chi connectivity index (χ0n) is 25.4. The molecule has 0 unspecified atom stereocenters. The number of guanidine groups is 1. The molecule has 4 atom stereocenters. The van der Waals surface area contributed by atoms with Gasteiger partial charge >= 0.3 is 6.03 Å². The highest BCUT2D eigenvalue weighted by Gasteiger charge is 2.33. The first-order valence-electron chi connectivity index (χ1n) is 14.4. The zero-order chi connectivity index (χ0) is 32.8. The van der Waals surface area contributed by atoms with Crippen molar-refractivity contribution in [1.82, 2.24) is 26.3 Å². The SMILES string of the molecule is CC[C@H](C)[C@H](NC(=O)[C@H](CC(C)C)NC(=O)NCc1ccc(Cl)c(Cl)c1)C(=O)N[C@@H](CCCN=C(N)N)C(=O)c1nccs1. The van der Waals surface area contributed by atoms with E-state index < -0.39 is 36.0 Å². The Bertz CT molecular complexity index is 1290. The van der Waals surface area contributed by atoms with Crippen molar-refractivity contribution in [2.45, 2.75) is 78.0 Å². The lowest BCUT2D eigenvalue weighted by atomic mass is 9.96. The highest BCUT2D eigenvalue weighted by molar-refractivity contribution is 7.11. The summed E-state index contributed by atoms with van der Waals surface area (Å²) in [7, 11) is 0. The maximum absolute atomic E-state index is 13.6. The number of carbonyl (C=O) groups excluding carboxylic acids is 4. The third-order valence-corrected chi connectivity index (χ3v) is 8.31. The molecule has 1 aromatic heterocycles. The predicted octanol–water partition coefficient (Wildman–Crippen LogP) is 3.62. The standard InChI is InChI=1S/C29H42Cl2N8O4S/c1-5-17(4)23(26(42)37-21(7-6-10-35-28(32)33)24(40)27-34-11-12-44-27)39-25(41)22(13-16(2)3)38-29(43)36-15-18-8-9-19(30)20(31)14-18/h8-9,11-12,14,16-17,21-23H,5-7,10,13,15H2,1-4H3,(H,37,42)(H,39,41)(H4,32,33,35)(H2,36,38,43)/t17-,21-,22-,23-/m0/s1. The monoisotopic (exact) mass is 668 g/mol. The molecular formula is C29H42Cl2N8O4S. The zero-order valence-corrected chi connectivity index (χ0v) is 27.7. The second kappa shape index (κ2) is 18.4. The molecule has 15 heteroatoms. The van der Waals surface area contributed by atoms with Crippen LogP contribution in [-0.4, -0.2) is 59.2 Å². The van der Waals surface area contributed by atoms with Gasteiger partial charge in [0.1, 0.15) is 12.1 Å². The van der Waals surface area contributed by atoms with Crippen molar-refractivity contribution in [3.05, 3.63) is 50.4 Å². The minimum absolute atomic E-state index is 0.0579. The molecule has 0 bridgehead atoms. The molecule has 2 aromatic rings. The normalized spacial score (nSPS) is 13.7. The average Bonchev–Trinajstić information content (AvgIpc) is 3.51. The average molecular weight is 670 g/mol. The van der Waals surface area contributed by atoms with Gasteiger partial charge in [-0.05, 0) is 48.8 Å². The van der Waals surface area contributed by atoms with Crippen LogP contribution in [0.4, 0.5) is 4.79 Å². The van der Waals surface area contributed by atoms with E-state index in [-0.39, 0.29) is 48.1 Å². The second-order valence-corrected chi connectivity index (χ2v) is 12.5. The van der Waals surface area contributed by atoms with Crippen LogP contribution in [0.5, 0.6) is 0 Å². The summed E-state index contributed by atoms with van der Waals surface area (Å²) in [4.78, 5) is 61.1. The first-order valence-corrected chi connectivity index (χ1v) is 16.0. The van der Waals surface area contributed by atoms with E-state index in [1.54, 1.807) is 23.6 Å². The van der Waals surface area contributed by atoms with Gasteiger partial charge in [-0.1, -0.05) is 63.4 Å². The predicted molar refractivity (Wildman–Crippen MR) is 175 cm³/mol. The van der Waals surface area contributed by atoms with E-state index in [2.05, 4.69) is 31.2 Å². The molecule has 0 aliphatic carbocycles. The van der Waals surface area contributed by atoms with Gasteiger partial charge in [0, 0.05) is 24.7 Å². The number of nitrogens with one attached hydrogen (secondary N) is 4. The quantitative estimate of drug-likeness (QED) is 0.0641. The van der Waals surface area contributed by atoms with Crippen LogP contribution in [0.25, 0.3) is 0 Å². The minimum atomic E-state index is -0.965. The number of hydrogen-bond acceptors (Lipinski definition) is 7. The summed E-state index contributed by atoms with van der Waals surface area (Å²) < 4.78 is 0. The lowest BCUT2D eigenvalue weighted by molar-refractivity contribution is -0.131. The summed E-state index contributed by atoms with van der Waals surface area (Å²) in [6.07, 6.45) is 3.11. The number of urea groups is 1. The number of nitrogens with zero attached hydrogens (tertiary/aromatic N) is 2. The van der Waals surface area contributed by atoms with E-state index >= 15 is 0 Å². The highest BCUT2D eigenvalue weighted by atomic mass is 35.5. The topological polar surface area (TPSA) is 194 Å². The number of Topliss-reactive ketones (excluding diaryl/α,β-unsaturated/α-hetero) is 1. The fourth-order valence-electron chi connectivity index (χ4n) is 4.23. The summed E-state index contributed by atoms with van der Waals surface area (Å²) in [6.45, 7) is 8.01. The molecule has 0 saturated heterocycles. The molecule has 2 rings (SSSR count). The fourth-order valence-corrected chi connectivity index (χ4v) is 5.18. The lowest BCUT2D eigenvalue weighted by Crippen LogP contribution is -2.58. The van der Waals surface area contributed by atoms with Crippen LogP contribution in [0.3, 0.4) is 0 Å². The van der Waals surface area contributed by atoms with Gasteiger partial charge in [0.05, 0.1) is 16.1 Å². The van der Waals surface area contributed by atoms with Gasteiger partial charge < -0.3 is 32.7 Å². The van der Waals surface area contributed by atoms with E-state index in [4.69, 9.17) is 34.7 Å². The molecule has 8 N–H and O–H groups in total. The van der Waals surface area contributed by atoms with Crippen molar-refractivity contribution >= 4 is 64.1 Å². The number of halogens is 2. The molecule has 0 spiro atoms. The second-order valence-electron chi connectivity index (χ2n) is 10.8. The number of rotatable bonds is 17. The van der Waals surface area contributed by atoms with Gasteiger partial charge in [-0.2, -0.15) is 0 Å². The Balaban J connectivity index is 2.15. The fraction of sp³-hybridized carbons (Fsp3) is 0.517. The molecule has 0 aliphatic heterocycles. The van der Waals surface area contributed by atoms with E-state index in [1.807, 2.05) is 27.7 Å². The molecule has 12 nitrogen and oxygen atoms in total. The highest BCUT2D eigenvalue weighted by Crippen LogP contribution is 2.22. The number of benzene rings is 1. The van der Waals surface area contributed by atoms with Gasteiger partial charge in [0.25, 0.3) is 0 Å². The van der Waals surface area contributed by atoms with E-state index in [9.17, 15) is 19.2 Å². The van der Waals surface area contributed by atoms with Crippen LogP contribution in [0.2, 0.25) is 10.0 Å². The summed E-state index contributed by atoms with van der Waals surface area (Å²) >= 11 is 13.2. The summed E-state index contributed by atoms with van der Waals surface area (Å²) in [5, 5.41) is 13.8. The number of carbonyl (C=O) groups is 4. The molecule has 0 saturated carbocycles. The molecule has 0 radical (unpaired) electrons. The van der Waals surface area contributed by atoms with E-state index in [0.29, 0.717) is 29.3 Å². The number of aliphatic imine (C=N–C) groups is 1. The van der Waals surface area contributed by atoms with Crippen molar-refractivity contribution in [3.8, 4) is 0 Å². The Morgan fingerprint density at radius 3 is 2.32 bits per heavy atom. The number of aromatic nitrogens is 1. The lowest BCUT2D eigenvalue weighted by Gasteiger charge is -2.28. The summed E-state index contributed by atoms with van der Waals surface area (Å²) in [5.41, 5.74) is 11.5. The molecule has 1 heterocycles. The Morgan fingerprint density at radius 2 is 1.73 bits per heavy atom. The number of thiazole rings is 1. The van der Waals surface area contributed by atoms with Crippen molar-refractivity contribution < 1.29 is 19.2 Å². The van der Waals surface area contributed by atoms with Crippen LogP contribution in [0.15, 0.2) is 34.8 Å². The van der Waals surface area contributed by atoms with Gasteiger partial charge in [-0.3, -0.25) is 19.4 Å². The molecule has 0 aliphatic rings. The van der Waals surface area contributed by atoms with Crippen molar-refractivity contribution in [2.24, 2.45) is 28.3 Å². The van der Waals surface area contributed by atoms with Crippen molar-refractivity contribution in [1.29, 1.82) is 0 Å². The molecule has 242 valence electrons. The molecule has 0 fully saturated rings. The molecule has 1 aromatic carbocycles. The van der Waals surface area contributed by atoms with Crippen LogP contribution < -0.4 is 32.7 Å². The number of hydrogen-bond donors (Lipinski definition) is 6. The van der Waals surface area contributed by atoms with Crippen LogP contribution >= 0.6 is 34.5 Å². The van der Waals surface area contributed by atoms with Gasteiger partial charge in [-0.15, -0.1) is 11.3 Å². The maximum Gasteiger partial charge on any atom is 0.315 e. The summed E-state index contributed by atoms with van der Waals surface area (Å²) in [5.74, 6) is -1.66. The van der Waals surface area contributed by atoms with E-state index in [0.717, 1.165) is 5.56 Å². The number of amides is 4. The number of ketones is 1. The third-order valence-electron chi connectivity index (χ3n) is 6.78. The Morgan fingerprint density at radius 1 is 1.00 bits per heavy atom. The molecular weight excluding hydrogens is 627 g/mol. The Labute approximate surface area is 272 Å². The van der Waals surface area contributed by atoms with Crippen molar-refractivity contribution in [2.75, 3.05) is 6.54 Å². The third kappa shape index (κ3) is 12.3. The first-order chi connectivity index (χ1) is 20.8. The van der Waals surface area contributed by atoms with Gasteiger partial charge in [0.2, 0.25) is 17.6 Å². The Hall–Kier alpha value is -3.42. The number of nitrogens with two attached hydrogens (primary N) is 2. The van der Waals surface area contributed by atoms with Crippen molar-refractivity contribution in [3.63, 3.8) is 0 Å². The molecule has 44 heavy (non-hydrogen) atoms. The smallest absolute Gasteiger partial charge is 0.315 e. The van der Waals surface area contributed by atoms with Crippen LogP contribution in [0, 0.1) is 11.8 Å². The van der Waals surface area contributed by atoms with E-state index in [1.165, 1.54) is 17.5 Å². The van der Waals surface area contributed by atoms with Gasteiger partial charge in [0.15, 0.2) is 11.0 Å². The van der Waals surface area contributed by atoms with Gasteiger partial charge in [-0.25, -0.2) is 9.78 Å².